The third-order valence-electron chi connectivity index (χ3n) is 2.30. The van der Waals surface area contributed by atoms with Crippen molar-refractivity contribution in [3.05, 3.63) is 0 Å². The molecule has 0 unspecified atom stereocenters. The molecule has 0 spiro atoms. The number of rotatable bonds is 5. The summed E-state index contributed by atoms with van der Waals surface area (Å²) in [7, 11) is -3.76. The SMILES string of the molecule is CC(=O)Nc1nnc(S(=O)(=O)NC(C)(C)CC(C)(C)C)s1. The van der Waals surface area contributed by atoms with Crippen LogP contribution in [0.3, 0.4) is 0 Å². The van der Waals surface area contributed by atoms with Gasteiger partial charge in [0, 0.05) is 12.5 Å². The van der Waals surface area contributed by atoms with Crippen molar-refractivity contribution in [2.45, 2.75) is 57.8 Å². The van der Waals surface area contributed by atoms with Gasteiger partial charge in [-0.2, -0.15) is 0 Å². The average molecular weight is 334 g/mol. The first-order valence-electron chi connectivity index (χ1n) is 6.46. The summed E-state index contributed by atoms with van der Waals surface area (Å²) in [4.78, 5) is 10.9. The number of hydrogen-bond donors (Lipinski definition) is 2. The van der Waals surface area contributed by atoms with Gasteiger partial charge in [0.25, 0.3) is 10.0 Å². The minimum absolute atomic E-state index is 0.0194. The number of nitrogens with zero attached hydrogens (tertiary/aromatic N) is 2. The Balaban J connectivity index is 2.91. The zero-order valence-corrected chi connectivity index (χ0v) is 14.8. The number of hydrogen-bond acceptors (Lipinski definition) is 6. The minimum atomic E-state index is -3.76. The van der Waals surface area contributed by atoms with Gasteiger partial charge in [0.1, 0.15) is 0 Å². The lowest BCUT2D eigenvalue weighted by Crippen LogP contribution is -2.45. The second-order valence-corrected chi connectivity index (χ2v) is 9.61. The summed E-state index contributed by atoms with van der Waals surface area (Å²) in [5.74, 6) is -0.323. The van der Waals surface area contributed by atoms with Crippen molar-refractivity contribution in [3.8, 4) is 0 Å². The molecule has 0 atom stereocenters. The maximum atomic E-state index is 12.3. The van der Waals surface area contributed by atoms with Crippen LogP contribution >= 0.6 is 11.3 Å². The average Bonchev–Trinajstić information content (AvgIpc) is 2.59. The van der Waals surface area contributed by atoms with Crippen molar-refractivity contribution < 1.29 is 13.2 Å². The van der Waals surface area contributed by atoms with Crippen LogP contribution in [0.25, 0.3) is 0 Å². The van der Waals surface area contributed by atoms with Crippen LogP contribution in [0.5, 0.6) is 0 Å². The number of amides is 1. The molecule has 7 nitrogen and oxygen atoms in total. The van der Waals surface area contributed by atoms with Crippen LogP contribution in [0.4, 0.5) is 5.13 Å². The van der Waals surface area contributed by atoms with E-state index in [4.69, 9.17) is 0 Å². The first-order valence-corrected chi connectivity index (χ1v) is 8.76. The molecule has 1 rings (SSSR count). The molecule has 1 aromatic rings. The molecule has 0 fully saturated rings. The van der Waals surface area contributed by atoms with E-state index >= 15 is 0 Å². The molecule has 0 saturated carbocycles. The molecular weight excluding hydrogens is 312 g/mol. The zero-order chi connectivity index (χ0) is 16.5. The van der Waals surface area contributed by atoms with Crippen LogP contribution in [-0.4, -0.2) is 30.1 Å². The van der Waals surface area contributed by atoms with E-state index in [2.05, 4.69) is 20.2 Å². The molecule has 1 amide bonds. The Kier molecular flexibility index (Phi) is 5.12. The van der Waals surface area contributed by atoms with Crippen molar-refractivity contribution in [3.63, 3.8) is 0 Å². The first kappa shape index (κ1) is 18.0. The Morgan fingerprint density at radius 2 is 1.76 bits per heavy atom. The minimum Gasteiger partial charge on any atom is -0.301 e. The zero-order valence-electron chi connectivity index (χ0n) is 13.1. The van der Waals surface area contributed by atoms with Gasteiger partial charge in [0.05, 0.1) is 0 Å². The van der Waals surface area contributed by atoms with Gasteiger partial charge in [-0.15, -0.1) is 10.2 Å². The maximum absolute atomic E-state index is 12.3. The molecule has 0 aliphatic heterocycles. The summed E-state index contributed by atoms with van der Waals surface area (Å²) in [6.45, 7) is 11.1. The second kappa shape index (κ2) is 5.98. The highest BCUT2D eigenvalue weighted by atomic mass is 32.2. The van der Waals surface area contributed by atoms with Gasteiger partial charge in [-0.1, -0.05) is 32.1 Å². The van der Waals surface area contributed by atoms with Crippen LogP contribution < -0.4 is 10.0 Å². The van der Waals surface area contributed by atoms with Crippen LogP contribution in [0.2, 0.25) is 0 Å². The molecule has 0 saturated heterocycles. The summed E-state index contributed by atoms with van der Waals surface area (Å²) in [6, 6.07) is 0. The molecule has 2 N–H and O–H groups in total. The molecule has 0 radical (unpaired) electrons. The van der Waals surface area contributed by atoms with E-state index in [0.717, 1.165) is 11.3 Å². The number of aromatic nitrogens is 2. The van der Waals surface area contributed by atoms with Crippen LogP contribution in [0, 0.1) is 5.41 Å². The van der Waals surface area contributed by atoms with Gasteiger partial charge in [0.2, 0.25) is 15.4 Å². The van der Waals surface area contributed by atoms with Crippen molar-refractivity contribution >= 4 is 32.4 Å². The predicted octanol–water partition coefficient (Wildman–Crippen LogP) is 1.99. The monoisotopic (exact) mass is 334 g/mol. The molecule has 9 heteroatoms. The molecule has 120 valence electrons. The fraction of sp³-hybridized carbons (Fsp3) is 0.750. The van der Waals surface area contributed by atoms with Crippen LogP contribution in [0.15, 0.2) is 4.34 Å². The highest BCUT2D eigenvalue weighted by Gasteiger charge is 2.32. The highest BCUT2D eigenvalue weighted by molar-refractivity contribution is 7.91. The summed E-state index contributed by atoms with van der Waals surface area (Å²) in [5, 5.41) is 9.85. The Bertz CT molecular complexity index is 615. The van der Waals surface area contributed by atoms with Gasteiger partial charge in [-0.3, -0.25) is 4.79 Å². The molecule has 0 aromatic carbocycles. The van der Waals surface area contributed by atoms with E-state index in [1.165, 1.54) is 6.92 Å². The van der Waals surface area contributed by atoms with Gasteiger partial charge < -0.3 is 5.32 Å². The molecule has 0 aliphatic rings. The van der Waals surface area contributed by atoms with E-state index in [9.17, 15) is 13.2 Å². The predicted molar refractivity (Wildman–Crippen MR) is 82.7 cm³/mol. The number of sulfonamides is 1. The fourth-order valence-corrected chi connectivity index (χ4v) is 4.65. The lowest BCUT2D eigenvalue weighted by atomic mass is 9.82. The largest absolute Gasteiger partial charge is 0.301 e. The van der Waals surface area contributed by atoms with Gasteiger partial charge in [-0.05, 0) is 25.7 Å². The van der Waals surface area contributed by atoms with Crippen LogP contribution in [0.1, 0.15) is 48.0 Å². The lowest BCUT2D eigenvalue weighted by Gasteiger charge is -2.32. The topological polar surface area (TPSA) is 101 Å². The fourth-order valence-electron chi connectivity index (χ4n) is 2.29. The third kappa shape index (κ3) is 6.06. The van der Waals surface area contributed by atoms with E-state index in [-0.39, 0.29) is 20.8 Å². The van der Waals surface area contributed by atoms with E-state index < -0.39 is 15.6 Å². The summed E-state index contributed by atoms with van der Waals surface area (Å²) >= 11 is 0.822. The Morgan fingerprint density at radius 3 is 2.24 bits per heavy atom. The number of anilines is 1. The van der Waals surface area contributed by atoms with Gasteiger partial charge >= 0.3 is 0 Å². The Hall–Kier alpha value is -1.06. The number of nitrogens with one attached hydrogen (secondary N) is 2. The summed E-state index contributed by atoms with van der Waals surface area (Å²) < 4.78 is 27.1. The molecule has 0 bridgehead atoms. The summed E-state index contributed by atoms with van der Waals surface area (Å²) in [6.07, 6.45) is 0.663. The molecule has 1 aromatic heterocycles. The quantitative estimate of drug-likeness (QED) is 0.802. The van der Waals surface area contributed by atoms with Crippen LogP contribution in [-0.2, 0) is 14.8 Å². The molecule has 1 heterocycles. The smallest absolute Gasteiger partial charge is 0.270 e. The van der Waals surface area contributed by atoms with Crippen molar-refractivity contribution in [1.29, 1.82) is 0 Å². The standard InChI is InChI=1S/C12H22N4O3S2/c1-8(17)13-9-14-15-10(20-9)21(18,19)16-12(5,6)7-11(2,3)4/h16H,7H2,1-6H3,(H,13,14,17). The third-order valence-corrected chi connectivity index (χ3v) is 5.21. The van der Waals surface area contributed by atoms with Gasteiger partial charge in [-0.25, -0.2) is 13.1 Å². The van der Waals surface area contributed by atoms with Crippen molar-refractivity contribution in [2.75, 3.05) is 5.32 Å². The molecule has 0 aliphatic carbocycles. The van der Waals surface area contributed by atoms with Gasteiger partial charge in [0.15, 0.2) is 0 Å². The number of carbonyl (C=O) groups is 1. The maximum Gasteiger partial charge on any atom is 0.270 e. The lowest BCUT2D eigenvalue weighted by molar-refractivity contribution is -0.114. The Labute approximate surface area is 129 Å². The van der Waals surface area contributed by atoms with E-state index in [1.54, 1.807) is 0 Å². The van der Waals surface area contributed by atoms with Crippen molar-refractivity contribution in [2.24, 2.45) is 5.41 Å². The number of carbonyl (C=O) groups excluding carboxylic acids is 1. The second-order valence-electron chi connectivity index (χ2n) is 6.78. The highest BCUT2D eigenvalue weighted by Crippen LogP contribution is 2.29. The van der Waals surface area contributed by atoms with E-state index in [1.807, 2.05) is 34.6 Å². The van der Waals surface area contributed by atoms with E-state index in [0.29, 0.717) is 6.42 Å². The summed E-state index contributed by atoms with van der Waals surface area (Å²) in [5.41, 5.74) is -0.634. The van der Waals surface area contributed by atoms with Crippen molar-refractivity contribution in [1.82, 2.24) is 14.9 Å². The molecule has 21 heavy (non-hydrogen) atoms. The Morgan fingerprint density at radius 1 is 1.19 bits per heavy atom. The normalized spacial score (nSPS) is 13.2. The first-order chi connectivity index (χ1) is 9.31. The molecular formula is C12H22N4O3S2.